The summed E-state index contributed by atoms with van der Waals surface area (Å²) in [5, 5.41) is 3.11. The summed E-state index contributed by atoms with van der Waals surface area (Å²) in [5.41, 5.74) is 2.01. The van der Waals surface area contributed by atoms with Gasteiger partial charge in [-0.05, 0) is 54.7 Å². The van der Waals surface area contributed by atoms with Gasteiger partial charge < -0.3 is 9.64 Å². The van der Waals surface area contributed by atoms with E-state index in [-0.39, 0.29) is 10.7 Å². The molecule has 0 saturated carbocycles. The zero-order chi connectivity index (χ0) is 20.4. The van der Waals surface area contributed by atoms with E-state index >= 15 is 0 Å². The van der Waals surface area contributed by atoms with Crippen molar-refractivity contribution in [1.29, 1.82) is 0 Å². The molecule has 1 saturated heterocycles. The van der Waals surface area contributed by atoms with Crippen LogP contribution in [0.4, 0.5) is 11.4 Å². The molecule has 28 heavy (non-hydrogen) atoms. The molecule has 0 aliphatic carbocycles. The number of nitrogens with one attached hydrogen (secondary N) is 1. The molecule has 144 valence electrons. The smallest absolute Gasteiger partial charge is 0.270 e. The Morgan fingerprint density at radius 3 is 2.43 bits per heavy atom. The highest BCUT2D eigenvalue weighted by molar-refractivity contribution is 7.80. The Balaban J connectivity index is 2.03. The minimum absolute atomic E-state index is 0.0180. The molecular weight excluding hydrogens is 398 g/mol. The highest BCUT2D eigenvalue weighted by atomic mass is 35.5. The Bertz CT molecular complexity index is 987. The zero-order valence-electron chi connectivity index (χ0n) is 15.5. The van der Waals surface area contributed by atoms with Gasteiger partial charge >= 0.3 is 0 Å². The number of nitrogens with zero attached hydrogens (tertiary/aromatic N) is 2. The van der Waals surface area contributed by atoms with Crippen LogP contribution in [-0.4, -0.2) is 38.1 Å². The van der Waals surface area contributed by atoms with Gasteiger partial charge in [0, 0.05) is 36.4 Å². The summed E-state index contributed by atoms with van der Waals surface area (Å²) in [7, 11) is 5.36. The second kappa shape index (κ2) is 8.00. The minimum Gasteiger partial charge on any atom is -0.496 e. The van der Waals surface area contributed by atoms with E-state index in [9.17, 15) is 9.59 Å². The van der Waals surface area contributed by atoms with Crippen molar-refractivity contribution in [1.82, 2.24) is 5.32 Å². The lowest BCUT2D eigenvalue weighted by molar-refractivity contribution is -0.122. The molecule has 3 rings (SSSR count). The molecule has 0 bridgehead atoms. The van der Waals surface area contributed by atoms with E-state index in [1.807, 2.05) is 31.1 Å². The number of hydrogen-bond donors (Lipinski definition) is 1. The third kappa shape index (κ3) is 3.85. The second-order valence-electron chi connectivity index (χ2n) is 6.25. The number of hydrogen-bond acceptors (Lipinski definition) is 5. The molecule has 1 heterocycles. The molecule has 1 aliphatic heterocycles. The van der Waals surface area contributed by atoms with Crippen molar-refractivity contribution in [3.05, 3.63) is 58.6 Å². The number of thiocarbonyl (C=S) groups is 1. The van der Waals surface area contributed by atoms with Gasteiger partial charge in [-0.1, -0.05) is 11.6 Å². The average molecular weight is 416 g/mol. The van der Waals surface area contributed by atoms with Crippen LogP contribution in [0.2, 0.25) is 5.02 Å². The van der Waals surface area contributed by atoms with Gasteiger partial charge in [-0.15, -0.1) is 0 Å². The molecular formula is C20H18ClN3O3S. The maximum absolute atomic E-state index is 13.0. The molecule has 1 aliphatic rings. The molecule has 2 aromatic rings. The van der Waals surface area contributed by atoms with Crippen molar-refractivity contribution >= 4 is 58.2 Å². The van der Waals surface area contributed by atoms with Gasteiger partial charge in [0.25, 0.3) is 11.8 Å². The summed E-state index contributed by atoms with van der Waals surface area (Å²) in [6.07, 6.45) is 1.50. The number of methoxy groups -OCH3 is 1. The molecule has 0 atom stereocenters. The van der Waals surface area contributed by atoms with Crippen LogP contribution in [0.3, 0.4) is 0 Å². The Labute approximate surface area is 173 Å². The Kier molecular flexibility index (Phi) is 5.67. The first-order valence-electron chi connectivity index (χ1n) is 8.34. The normalized spacial score (nSPS) is 15.6. The largest absolute Gasteiger partial charge is 0.496 e. The first kappa shape index (κ1) is 19.9. The van der Waals surface area contributed by atoms with Crippen LogP contribution in [0.15, 0.2) is 48.0 Å². The fourth-order valence-electron chi connectivity index (χ4n) is 2.73. The monoisotopic (exact) mass is 415 g/mol. The summed E-state index contributed by atoms with van der Waals surface area (Å²) in [6, 6.07) is 12.1. The molecule has 1 N–H and O–H groups in total. The predicted octanol–water partition coefficient (Wildman–Crippen LogP) is 3.25. The van der Waals surface area contributed by atoms with Crippen LogP contribution >= 0.6 is 23.8 Å². The van der Waals surface area contributed by atoms with Gasteiger partial charge in [-0.25, -0.2) is 0 Å². The van der Waals surface area contributed by atoms with Crippen molar-refractivity contribution in [2.45, 2.75) is 0 Å². The highest BCUT2D eigenvalue weighted by Gasteiger charge is 2.34. The van der Waals surface area contributed by atoms with E-state index in [0.717, 1.165) is 5.69 Å². The van der Waals surface area contributed by atoms with Crippen molar-refractivity contribution in [3.63, 3.8) is 0 Å². The van der Waals surface area contributed by atoms with Crippen LogP contribution in [-0.2, 0) is 9.59 Å². The lowest BCUT2D eigenvalue weighted by atomic mass is 10.1. The Hall–Kier alpha value is -2.90. The SMILES string of the molecule is COc1cc(N(C)C)ccc1/C=C1/C(=O)NC(=S)N(c2ccc(Cl)cc2)C1=O. The number of halogens is 1. The number of ether oxygens (including phenoxy) is 1. The first-order valence-corrected chi connectivity index (χ1v) is 9.13. The number of carbonyl (C=O) groups excluding carboxylic acids is 2. The number of anilines is 2. The summed E-state index contributed by atoms with van der Waals surface area (Å²) < 4.78 is 5.43. The van der Waals surface area contributed by atoms with Crippen molar-refractivity contribution in [3.8, 4) is 5.75 Å². The Morgan fingerprint density at radius 1 is 1.14 bits per heavy atom. The molecule has 8 heteroatoms. The Morgan fingerprint density at radius 2 is 1.82 bits per heavy atom. The number of rotatable bonds is 4. The van der Waals surface area contributed by atoms with E-state index < -0.39 is 11.8 Å². The van der Waals surface area contributed by atoms with E-state index in [4.69, 9.17) is 28.6 Å². The van der Waals surface area contributed by atoms with Crippen molar-refractivity contribution in [2.75, 3.05) is 31.0 Å². The van der Waals surface area contributed by atoms with Gasteiger partial charge in [0.1, 0.15) is 11.3 Å². The van der Waals surface area contributed by atoms with Crippen LogP contribution in [0, 0.1) is 0 Å². The van der Waals surface area contributed by atoms with Crippen LogP contribution in [0.25, 0.3) is 6.08 Å². The van der Waals surface area contributed by atoms with Gasteiger partial charge in [0.05, 0.1) is 12.8 Å². The second-order valence-corrected chi connectivity index (χ2v) is 7.08. The summed E-state index contributed by atoms with van der Waals surface area (Å²) in [5.74, 6) is -0.528. The number of benzene rings is 2. The molecule has 2 aromatic carbocycles. The molecule has 6 nitrogen and oxygen atoms in total. The fourth-order valence-corrected chi connectivity index (χ4v) is 3.14. The number of carbonyl (C=O) groups is 2. The third-order valence-electron chi connectivity index (χ3n) is 4.22. The summed E-state index contributed by atoms with van der Waals surface area (Å²) in [6.45, 7) is 0. The molecule has 1 fully saturated rings. The van der Waals surface area contributed by atoms with Crippen molar-refractivity contribution < 1.29 is 14.3 Å². The van der Waals surface area contributed by atoms with Gasteiger partial charge in [-0.2, -0.15) is 0 Å². The molecule has 0 aromatic heterocycles. The lowest BCUT2D eigenvalue weighted by Gasteiger charge is -2.29. The highest BCUT2D eigenvalue weighted by Crippen LogP contribution is 2.29. The molecule has 0 radical (unpaired) electrons. The summed E-state index contributed by atoms with van der Waals surface area (Å²) in [4.78, 5) is 28.7. The van der Waals surface area contributed by atoms with Gasteiger partial charge in [0.15, 0.2) is 5.11 Å². The quantitative estimate of drug-likeness (QED) is 0.472. The number of amides is 2. The van der Waals surface area contributed by atoms with Crippen molar-refractivity contribution in [2.24, 2.45) is 0 Å². The van der Waals surface area contributed by atoms with E-state index in [1.165, 1.54) is 18.1 Å². The molecule has 2 amide bonds. The predicted molar refractivity (Wildman–Crippen MR) is 115 cm³/mol. The first-order chi connectivity index (χ1) is 13.3. The topological polar surface area (TPSA) is 61.9 Å². The van der Waals surface area contributed by atoms with Gasteiger partial charge in [0.2, 0.25) is 0 Å². The molecule has 0 unspecified atom stereocenters. The maximum atomic E-state index is 13.0. The van der Waals surface area contributed by atoms with Gasteiger partial charge in [-0.3, -0.25) is 19.8 Å². The maximum Gasteiger partial charge on any atom is 0.270 e. The van der Waals surface area contributed by atoms with E-state index in [0.29, 0.717) is 22.0 Å². The zero-order valence-corrected chi connectivity index (χ0v) is 17.1. The van der Waals surface area contributed by atoms with Crippen LogP contribution < -0.4 is 19.9 Å². The average Bonchev–Trinajstić information content (AvgIpc) is 2.66. The van der Waals surface area contributed by atoms with E-state index in [2.05, 4.69) is 5.32 Å². The van der Waals surface area contributed by atoms with Crippen LogP contribution in [0.1, 0.15) is 5.56 Å². The molecule has 0 spiro atoms. The third-order valence-corrected chi connectivity index (χ3v) is 4.76. The van der Waals surface area contributed by atoms with E-state index in [1.54, 1.807) is 30.3 Å². The van der Waals surface area contributed by atoms with Crippen LogP contribution in [0.5, 0.6) is 5.75 Å². The summed E-state index contributed by atoms with van der Waals surface area (Å²) >= 11 is 11.1. The lowest BCUT2D eigenvalue weighted by Crippen LogP contribution is -2.54. The minimum atomic E-state index is -0.557. The standard InChI is InChI=1S/C20H18ClN3O3S/c1-23(2)15-7-4-12(17(11-15)27-3)10-16-18(25)22-20(28)24(19(16)26)14-8-5-13(21)6-9-14/h4-11H,1-3H3,(H,22,25,28)/b16-10-. The fraction of sp³-hybridized carbons (Fsp3) is 0.150.